The number of nitrogens with zero attached hydrogens (tertiary/aromatic N) is 2. The predicted octanol–water partition coefficient (Wildman–Crippen LogP) is 4.65. The molecule has 2 aliphatic rings. The van der Waals surface area contributed by atoms with Gasteiger partial charge in [0.2, 0.25) is 0 Å². The Morgan fingerprint density at radius 2 is 1.58 bits per heavy atom. The number of aromatic nitrogens is 1. The van der Waals surface area contributed by atoms with Gasteiger partial charge in [0.25, 0.3) is 17.4 Å². The number of rotatable bonds is 3. The Hall–Kier alpha value is -4.26. The lowest BCUT2D eigenvalue weighted by atomic mass is 9.83. The third-order valence-corrected chi connectivity index (χ3v) is 7.24. The van der Waals surface area contributed by atoms with Crippen LogP contribution in [0.1, 0.15) is 38.7 Å². The van der Waals surface area contributed by atoms with Crippen molar-refractivity contribution in [2.75, 3.05) is 18.4 Å². The molecular weight excluding hydrogens is 457 g/mol. The largest absolute Gasteiger partial charge is 0.338 e. The van der Waals surface area contributed by atoms with Crippen LogP contribution >= 0.6 is 0 Å². The monoisotopic (exact) mass is 481 g/mol. The van der Waals surface area contributed by atoms with Crippen LogP contribution in [0, 0.1) is 11.7 Å². The summed E-state index contributed by atoms with van der Waals surface area (Å²) >= 11 is 0. The first-order valence-electron chi connectivity index (χ1n) is 12.0. The number of carbonyl (C=O) groups excluding carboxylic acids is 2. The molecule has 36 heavy (non-hydrogen) atoms. The molecule has 7 heteroatoms. The van der Waals surface area contributed by atoms with Crippen LogP contribution < -0.4 is 10.9 Å². The lowest BCUT2D eigenvalue weighted by Crippen LogP contribution is -2.49. The maximum atomic E-state index is 13.4. The van der Waals surface area contributed by atoms with E-state index in [0.29, 0.717) is 25.2 Å². The molecule has 0 aliphatic carbocycles. The van der Waals surface area contributed by atoms with Crippen LogP contribution in [0.3, 0.4) is 0 Å². The highest BCUT2D eigenvalue weighted by molar-refractivity contribution is 6.04. The molecule has 6 rings (SSSR count). The molecule has 6 nitrogen and oxygen atoms in total. The SMILES string of the molecule is O=C(Nc1ccc2n(c1=O)CC1CC2CN(C(=O)c2ccc3ccccc3c2)C1)c1ccc(F)cc1. The number of carbonyl (C=O) groups is 2. The minimum Gasteiger partial charge on any atom is -0.338 e. The summed E-state index contributed by atoms with van der Waals surface area (Å²) in [5.41, 5.74) is 1.76. The first kappa shape index (κ1) is 22.2. The molecule has 180 valence electrons. The van der Waals surface area contributed by atoms with Crippen molar-refractivity contribution in [2.45, 2.75) is 18.9 Å². The van der Waals surface area contributed by atoms with Crippen LogP contribution in [0.2, 0.25) is 0 Å². The quantitative estimate of drug-likeness (QED) is 0.463. The van der Waals surface area contributed by atoms with E-state index in [9.17, 15) is 18.8 Å². The fraction of sp³-hybridized carbons (Fsp3) is 0.207. The highest BCUT2D eigenvalue weighted by Crippen LogP contribution is 2.36. The van der Waals surface area contributed by atoms with E-state index in [1.165, 1.54) is 24.3 Å². The highest BCUT2D eigenvalue weighted by Gasteiger charge is 2.37. The topological polar surface area (TPSA) is 71.4 Å². The minimum absolute atomic E-state index is 0.00873. The van der Waals surface area contributed by atoms with Crippen LogP contribution in [0.25, 0.3) is 10.8 Å². The Balaban J connectivity index is 1.23. The first-order valence-corrected chi connectivity index (χ1v) is 12.0. The van der Waals surface area contributed by atoms with Gasteiger partial charge in [-0.3, -0.25) is 14.4 Å². The van der Waals surface area contributed by atoms with Gasteiger partial charge < -0.3 is 14.8 Å². The number of piperidine rings is 1. The molecule has 0 radical (unpaired) electrons. The number of anilines is 1. The minimum atomic E-state index is -0.462. The number of benzene rings is 3. The number of fused-ring (bicyclic) bond motifs is 5. The third-order valence-electron chi connectivity index (χ3n) is 7.24. The second-order valence-electron chi connectivity index (χ2n) is 9.62. The average molecular weight is 482 g/mol. The summed E-state index contributed by atoms with van der Waals surface area (Å²) in [6, 6.07) is 22.4. The van der Waals surface area contributed by atoms with E-state index in [0.717, 1.165) is 22.9 Å². The zero-order chi connectivity index (χ0) is 24.8. The summed E-state index contributed by atoms with van der Waals surface area (Å²) in [5, 5.41) is 4.80. The maximum absolute atomic E-state index is 13.4. The smallest absolute Gasteiger partial charge is 0.274 e. The van der Waals surface area contributed by atoms with Crippen molar-refractivity contribution in [3.8, 4) is 0 Å². The van der Waals surface area contributed by atoms with E-state index >= 15 is 0 Å². The van der Waals surface area contributed by atoms with Crippen molar-refractivity contribution in [1.82, 2.24) is 9.47 Å². The molecule has 0 spiro atoms. The molecule has 1 N–H and O–H groups in total. The normalized spacial score (nSPS) is 18.5. The van der Waals surface area contributed by atoms with Gasteiger partial charge in [-0.1, -0.05) is 30.3 Å². The van der Waals surface area contributed by atoms with Crippen molar-refractivity contribution >= 4 is 28.3 Å². The molecule has 3 aromatic carbocycles. The zero-order valence-corrected chi connectivity index (χ0v) is 19.5. The fourth-order valence-corrected chi connectivity index (χ4v) is 5.51. The average Bonchev–Trinajstić information content (AvgIpc) is 2.90. The lowest BCUT2D eigenvalue weighted by molar-refractivity contribution is 0.0594. The molecule has 1 saturated heterocycles. The van der Waals surface area contributed by atoms with Gasteiger partial charge in [0, 0.05) is 42.4 Å². The van der Waals surface area contributed by atoms with Crippen LogP contribution in [-0.2, 0) is 6.54 Å². The van der Waals surface area contributed by atoms with E-state index in [-0.39, 0.29) is 34.6 Å². The molecule has 2 amide bonds. The summed E-state index contributed by atoms with van der Waals surface area (Å²) < 4.78 is 14.9. The first-order chi connectivity index (χ1) is 17.5. The van der Waals surface area contributed by atoms with Gasteiger partial charge in [0.1, 0.15) is 11.5 Å². The van der Waals surface area contributed by atoms with E-state index < -0.39 is 11.7 Å². The standard InChI is InChI=1S/C29H24FN3O3/c30-24-9-7-20(8-10-24)27(34)31-25-11-12-26-23-13-18(16-33(26)29(25)36)15-32(17-23)28(35)22-6-5-19-3-1-2-4-21(19)14-22/h1-12,14,18,23H,13,15-17H2,(H,31,34). The Bertz CT molecular complexity index is 1560. The van der Waals surface area contributed by atoms with Gasteiger partial charge in [-0.05, 0) is 71.6 Å². The summed E-state index contributed by atoms with van der Waals surface area (Å²) in [6.45, 7) is 1.62. The van der Waals surface area contributed by atoms with Gasteiger partial charge in [0.05, 0.1) is 0 Å². The Morgan fingerprint density at radius 1 is 0.833 bits per heavy atom. The maximum Gasteiger partial charge on any atom is 0.274 e. The molecule has 2 unspecified atom stereocenters. The van der Waals surface area contributed by atoms with E-state index in [2.05, 4.69) is 5.32 Å². The van der Waals surface area contributed by atoms with Crippen LogP contribution in [-0.4, -0.2) is 34.4 Å². The molecule has 1 aromatic heterocycles. The number of halogens is 1. The summed E-state index contributed by atoms with van der Waals surface area (Å²) in [5.74, 6) is -0.678. The number of pyridine rings is 1. The molecule has 4 aromatic rings. The van der Waals surface area contributed by atoms with Crippen molar-refractivity contribution in [3.05, 3.63) is 112 Å². The molecule has 1 fully saturated rings. The van der Waals surface area contributed by atoms with Crippen molar-refractivity contribution in [3.63, 3.8) is 0 Å². The van der Waals surface area contributed by atoms with Crippen molar-refractivity contribution < 1.29 is 14.0 Å². The molecule has 2 atom stereocenters. The van der Waals surface area contributed by atoms with Gasteiger partial charge in [-0.25, -0.2) is 4.39 Å². The second-order valence-corrected chi connectivity index (χ2v) is 9.62. The van der Waals surface area contributed by atoms with Gasteiger partial charge in [0.15, 0.2) is 0 Å². The number of likely N-dealkylation sites (tertiary alicyclic amines) is 1. The molecule has 2 aliphatic heterocycles. The summed E-state index contributed by atoms with van der Waals surface area (Å²) in [7, 11) is 0. The van der Waals surface area contributed by atoms with E-state index in [4.69, 9.17) is 0 Å². The zero-order valence-electron chi connectivity index (χ0n) is 19.5. The van der Waals surface area contributed by atoms with Crippen LogP contribution in [0.15, 0.2) is 83.7 Å². The summed E-state index contributed by atoms with van der Waals surface area (Å²) in [6.07, 6.45) is 0.919. The molecule has 2 bridgehead atoms. The van der Waals surface area contributed by atoms with Gasteiger partial charge in [-0.15, -0.1) is 0 Å². The predicted molar refractivity (Wildman–Crippen MR) is 136 cm³/mol. The molecular formula is C29H24FN3O3. The van der Waals surface area contributed by atoms with Crippen molar-refractivity contribution in [1.29, 1.82) is 0 Å². The lowest BCUT2D eigenvalue weighted by Gasteiger charge is -2.43. The Labute approximate surface area is 207 Å². The Kier molecular flexibility index (Phi) is 5.40. The number of amides is 2. The third kappa shape index (κ3) is 3.96. The fourth-order valence-electron chi connectivity index (χ4n) is 5.51. The van der Waals surface area contributed by atoms with E-state index in [1.807, 2.05) is 53.4 Å². The highest BCUT2D eigenvalue weighted by atomic mass is 19.1. The molecule has 0 saturated carbocycles. The van der Waals surface area contributed by atoms with Crippen LogP contribution in [0.5, 0.6) is 0 Å². The van der Waals surface area contributed by atoms with Crippen LogP contribution in [0.4, 0.5) is 10.1 Å². The van der Waals surface area contributed by atoms with Gasteiger partial charge in [-0.2, -0.15) is 0 Å². The molecule has 3 heterocycles. The number of hydrogen-bond acceptors (Lipinski definition) is 3. The number of hydrogen-bond donors (Lipinski definition) is 1. The van der Waals surface area contributed by atoms with Gasteiger partial charge >= 0.3 is 0 Å². The second kappa shape index (κ2) is 8.75. The number of nitrogens with one attached hydrogen (secondary N) is 1. The van der Waals surface area contributed by atoms with E-state index in [1.54, 1.807) is 10.6 Å². The van der Waals surface area contributed by atoms with Crippen molar-refractivity contribution in [2.24, 2.45) is 5.92 Å². The summed E-state index contributed by atoms with van der Waals surface area (Å²) in [4.78, 5) is 41.1. The Morgan fingerprint density at radius 3 is 2.39 bits per heavy atom.